The van der Waals surface area contributed by atoms with Crippen LogP contribution in [0.1, 0.15) is 0 Å². The first kappa shape index (κ1) is 20.6. The van der Waals surface area contributed by atoms with E-state index in [4.69, 9.17) is 0 Å². The minimum Gasteiger partial charge on any atom is -0.352 e. The number of benzene rings is 2. The molecule has 0 saturated carbocycles. The first-order valence-electron chi connectivity index (χ1n) is 6.27. The van der Waals surface area contributed by atoms with Gasteiger partial charge in [0.1, 0.15) is 0 Å². The zero-order valence-corrected chi connectivity index (χ0v) is 16.5. The number of nitrogens with zero attached hydrogens (tertiary/aromatic N) is 4. The zero-order valence-electron chi connectivity index (χ0n) is 12.4. The molecule has 114 valence electrons. The van der Waals surface area contributed by atoms with Gasteiger partial charge in [0, 0.05) is 27.3 Å². The summed E-state index contributed by atoms with van der Waals surface area (Å²) in [5, 5.41) is 18.1. The standard InChI is InChI=1S/2C6H5.2C2H2N3.Cd/c2*1-2-4-6-5-3-1;2*1-2-4-5-3-1;/h2*1-5H;2*1H,(H,3,4,5);/q4*-1;. The molecule has 0 atom stereocenters. The maximum Gasteiger partial charge on any atom is 0 e. The van der Waals surface area contributed by atoms with Crippen LogP contribution in [0.2, 0.25) is 0 Å². The van der Waals surface area contributed by atoms with E-state index >= 15 is 0 Å². The average molecular weight is 403 g/mol. The molecule has 23 heavy (non-hydrogen) atoms. The van der Waals surface area contributed by atoms with Crippen LogP contribution >= 0.6 is 0 Å². The Morgan fingerprint density at radius 1 is 0.565 bits per heavy atom. The molecule has 2 aromatic carbocycles. The molecule has 2 aromatic heterocycles. The van der Waals surface area contributed by atoms with Crippen LogP contribution in [0, 0.1) is 24.5 Å². The number of aromatic nitrogens is 6. The molecule has 4 aromatic rings. The molecule has 0 unspecified atom stereocenters. The minimum absolute atomic E-state index is 0. The Balaban J connectivity index is 0.000000278. The molecule has 0 saturated heterocycles. The predicted molar refractivity (Wildman–Crippen MR) is 81.0 cm³/mol. The van der Waals surface area contributed by atoms with Gasteiger partial charge in [0.25, 0.3) is 0 Å². The Morgan fingerprint density at radius 2 is 0.957 bits per heavy atom. The summed E-state index contributed by atoms with van der Waals surface area (Å²) in [5.41, 5.74) is 0. The van der Waals surface area contributed by atoms with Crippen molar-refractivity contribution >= 4 is 0 Å². The Kier molecular flexibility index (Phi) is 15.9. The number of H-pyrrole nitrogens is 2. The van der Waals surface area contributed by atoms with E-state index in [1.165, 1.54) is 12.4 Å². The van der Waals surface area contributed by atoms with Crippen LogP contribution in [0.3, 0.4) is 0 Å². The quantitative estimate of drug-likeness (QED) is 0.349. The Hall–Kier alpha value is -2.36. The third-order valence-corrected chi connectivity index (χ3v) is 1.80. The van der Waals surface area contributed by atoms with Crippen LogP contribution < -0.4 is 0 Å². The third kappa shape index (κ3) is 15.8. The van der Waals surface area contributed by atoms with Crippen LogP contribution in [0.25, 0.3) is 0 Å². The molecule has 2 N–H and O–H groups in total. The second-order valence-corrected chi connectivity index (χ2v) is 3.36. The molecule has 0 aliphatic rings. The zero-order chi connectivity index (χ0) is 15.6. The van der Waals surface area contributed by atoms with E-state index in [0.29, 0.717) is 0 Å². The Bertz CT molecular complexity index is 454. The summed E-state index contributed by atoms with van der Waals surface area (Å²) >= 11 is 0. The average Bonchev–Trinajstić information content (AvgIpc) is 3.37. The number of rotatable bonds is 0. The van der Waals surface area contributed by atoms with E-state index < -0.39 is 0 Å². The van der Waals surface area contributed by atoms with Crippen molar-refractivity contribution in [1.82, 2.24) is 30.8 Å². The monoisotopic (exact) mass is 404 g/mol. The smallest absolute Gasteiger partial charge is 0 e. The van der Waals surface area contributed by atoms with Crippen molar-refractivity contribution in [2.45, 2.75) is 0 Å². The van der Waals surface area contributed by atoms with Crippen LogP contribution in [0.4, 0.5) is 0 Å². The van der Waals surface area contributed by atoms with Crippen molar-refractivity contribution in [2.75, 3.05) is 0 Å². The summed E-state index contributed by atoms with van der Waals surface area (Å²) in [5.74, 6) is 0. The van der Waals surface area contributed by atoms with Crippen molar-refractivity contribution in [3.05, 3.63) is 97.6 Å². The van der Waals surface area contributed by atoms with Gasteiger partial charge in [-0.05, 0) is 0 Å². The number of aromatic amines is 2. The van der Waals surface area contributed by atoms with Crippen molar-refractivity contribution < 1.29 is 27.3 Å². The van der Waals surface area contributed by atoms with Crippen molar-refractivity contribution in [3.8, 4) is 0 Å². The molecule has 0 aliphatic heterocycles. The normalized spacial score (nSPS) is 7.65. The number of nitrogens with one attached hydrogen (secondary N) is 2. The van der Waals surface area contributed by atoms with Gasteiger partial charge in [-0.15, -0.1) is 22.8 Å². The molecule has 0 radical (unpaired) electrons. The van der Waals surface area contributed by atoms with Gasteiger partial charge in [-0.1, -0.05) is 0 Å². The Morgan fingerprint density at radius 3 is 1.04 bits per heavy atom. The van der Waals surface area contributed by atoms with E-state index in [-0.39, 0.29) is 27.3 Å². The number of hydrogen-bond acceptors (Lipinski definition) is 4. The minimum atomic E-state index is 0. The summed E-state index contributed by atoms with van der Waals surface area (Å²) in [7, 11) is 0. The molecule has 6 nitrogen and oxygen atoms in total. The molecule has 0 amide bonds. The van der Waals surface area contributed by atoms with E-state index in [9.17, 15) is 0 Å². The summed E-state index contributed by atoms with van der Waals surface area (Å²) in [4.78, 5) is 0. The van der Waals surface area contributed by atoms with E-state index in [0.717, 1.165) is 0 Å². The molecule has 0 aliphatic carbocycles. The molecule has 0 bridgehead atoms. The second-order valence-electron chi connectivity index (χ2n) is 3.36. The van der Waals surface area contributed by atoms with Crippen LogP contribution in [-0.2, 0) is 27.3 Å². The van der Waals surface area contributed by atoms with Gasteiger partial charge in [0.15, 0.2) is 0 Å². The van der Waals surface area contributed by atoms with E-state index in [1.807, 2.05) is 60.7 Å². The first-order valence-corrected chi connectivity index (χ1v) is 6.27. The maximum absolute atomic E-state index is 3.29. The van der Waals surface area contributed by atoms with Gasteiger partial charge >= 0.3 is 0 Å². The van der Waals surface area contributed by atoms with Gasteiger partial charge in [0.05, 0.1) is 0 Å². The van der Waals surface area contributed by atoms with Gasteiger partial charge in [-0.25, -0.2) is 0 Å². The topological polar surface area (TPSA) is 83.1 Å². The molecule has 2 heterocycles. The fourth-order valence-corrected chi connectivity index (χ4v) is 0.973. The van der Waals surface area contributed by atoms with Crippen LogP contribution in [0.15, 0.2) is 73.1 Å². The molecule has 4 rings (SSSR count). The van der Waals surface area contributed by atoms with Crippen molar-refractivity contribution in [2.24, 2.45) is 0 Å². The third-order valence-electron chi connectivity index (χ3n) is 1.80. The maximum atomic E-state index is 3.29. The van der Waals surface area contributed by atoms with E-state index in [1.54, 1.807) is 0 Å². The summed E-state index contributed by atoms with van der Waals surface area (Å²) < 4.78 is 0. The van der Waals surface area contributed by atoms with Crippen molar-refractivity contribution in [1.29, 1.82) is 0 Å². The fourth-order valence-electron chi connectivity index (χ4n) is 0.973. The molecular weight excluding hydrogens is 389 g/mol. The summed E-state index contributed by atoms with van der Waals surface area (Å²) in [6.45, 7) is 0. The van der Waals surface area contributed by atoms with Gasteiger partial charge in [-0.3, -0.25) is 0 Å². The van der Waals surface area contributed by atoms with Gasteiger partial charge in [0.2, 0.25) is 0 Å². The SMILES string of the molecule is [Cd].[c-]1c[nH]nn1.[c-]1c[nH]nn1.[c-]1ccccc1.[c-]1ccccc1. The Labute approximate surface area is 155 Å². The summed E-state index contributed by atoms with van der Waals surface area (Å²) in [6, 6.07) is 25.0. The van der Waals surface area contributed by atoms with Crippen molar-refractivity contribution in [3.63, 3.8) is 0 Å². The largest absolute Gasteiger partial charge is 0.352 e. The summed E-state index contributed by atoms with van der Waals surface area (Å²) in [6.07, 6.45) is 7.94. The second kappa shape index (κ2) is 17.7. The molecule has 0 fully saturated rings. The molecule has 0 spiro atoms. The van der Waals surface area contributed by atoms with Gasteiger partial charge < -0.3 is 32.8 Å². The van der Waals surface area contributed by atoms with Crippen LogP contribution in [0.5, 0.6) is 0 Å². The fraction of sp³-hybridized carbons (Fsp3) is 0. The predicted octanol–water partition coefficient (Wildman–Crippen LogP) is 2.18. The van der Waals surface area contributed by atoms with Crippen LogP contribution in [-0.4, -0.2) is 30.8 Å². The molecular formula is C16H14CdN6-4. The number of hydrogen-bond donors (Lipinski definition) is 2. The van der Waals surface area contributed by atoms with Gasteiger partial charge in [-0.2, -0.15) is 72.8 Å². The van der Waals surface area contributed by atoms with E-state index in [2.05, 4.69) is 55.3 Å². The molecule has 7 heteroatoms. The first-order chi connectivity index (χ1) is 11.0.